The van der Waals surface area contributed by atoms with Crippen LogP contribution in [0.2, 0.25) is 0 Å². The Kier molecular flexibility index (Phi) is 14.1. The van der Waals surface area contributed by atoms with Crippen molar-refractivity contribution in [2.45, 2.75) is 70.3 Å². The molecule has 0 heterocycles. The lowest BCUT2D eigenvalue weighted by atomic mass is 9.98. The average Bonchev–Trinajstić information content (AvgIpc) is 3.09. The highest BCUT2D eigenvalue weighted by Crippen LogP contribution is 2.25. The molecule has 0 saturated heterocycles. The zero-order chi connectivity index (χ0) is 33.3. The molecule has 0 bridgehead atoms. The summed E-state index contributed by atoms with van der Waals surface area (Å²) in [5.41, 5.74) is 4.30. The fourth-order valence-corrected chi connectivity index (χ4v) is 5.19. The molecule has 0 unspecified atom stereocenters. The van der Waals surface area contributed by atoms with Crippen molar-refractivity contribution >= 4 is 30.1 Å². The van der Waals surface area contributed by atoms with E-state index in [4.69, 9.17) is 18.9 Å². The summed E-state index contributed by atoms with van der Waals surface area (Å²) in [4.78, 5) is 35.6. The predicted octanol–water partition coefficient (Wildman–Crippen LogP) is 8.92. The smallest absolute Gasteiger partial charge is 0.339 e. The van der Waals surface area contributed by atoms with Crippen LogP contribution >= 0.6 is 0 Å². The third-order valence-corrected chi connectivity index (χ3v) is 7.87. The summed E-state index contributed by atoms with van der Waals surface area (Å²) < 4.78 is 21.7. The third-order valence-electron chi connectivity index (χ3n) is 7.87. The lowest BCUT2D eigenvalue weighted by Gasteiger charge is -2.21. The van der Waals surface area contributed by atoms with Gasteiger partial charge in [-0.1, -0.05) is 80.3 Å². The van der Waals surface area contributed by atoms with Crippen molar-refractivity contribution in [2.24, 2.45) is 0 Å². The molecule has 7 heteroatoms. The fraction of sp³-hybridized carbons (Fsp3) is 0.325. The first kappa shape index (κ1) is 35.0. The molecule has 1 saturated carbocycles. The maximum absolute atomic E-state index is 12.4. The summed E-state index contributed by atoms with van der Waals surface area (Å²) in [6, 6.07) is 23.5. The number of hydrogen-bond acceptors (Lipinski definition) is 7. The van der Waals surface area contributed by atoms with Crippen LogP contribution in [0.1, 0.15) is 75.3 Å². The Morgan fingerprint density at radius 3 is 1.87 bits per heavy atom. The monoisotopic (exact) mass is 636 g/mol. The van der Waals surface area contributed by atoms with Gasteiger partial charge >= 0.3 is 17.9 Å². The van der Waals surface area contributed by atoms with Gasteiger partial charge in [-0.25, -0.2) is 9.59 Å². The van der Waals surface area contributed by atoms with Crippen molar-refractivity contribution in [3.05, 3.63) is 109 Å². The van der Waals surface area contributed by atoms with Crippen molar-refractivity contribution in [3.63, 3.8) is 0 Å². The fourth-order valence-electron chi connectivity index (χ4n) is 5.19. The second kappa shape index (κ2) is 18.9. The molecule has 0 amide bonds. The van der Waals surface area contributed by atoms with Gasteiger partial charge in [-0.05, 0) is 97.9 Å². The molecule has 1 aliphatic carbocycles. The molecule has 1 aliphatic rings. The van der Waals surface area contributed by atoms with Gasteiger partial charge in [0.05, 0.1) is 19.6 Å². The van der Waals surface area contributed by atoms with Gasteiger partial charge in [0.2, 0.25) is 0 Å². The Morgan fingerprint density at radius 2 is 1.26 bits per heavy atom. The van der Waals surface area contributed by atoms with Crippen LogP contribution < -0.4 is 9.47 Å². The molecule has 3 aromatic carbocycles. The van der Waals surface area contributed by atoms with Crippen molar-refractivity contribution in [1.29, 1.82) is 0 Å². The van der Waals surface area contributed by atoms with E-state index in [-0.39, 0.29) is 24.1 Å². The van der Waals surface area contributed by atoms with Crippen LogP contribution in [0.25, 0.3) is 23.3 Å². The van der Waals surface area contributed by atoms with E-state index < -0.39 is 11.9 Å². The number of benzene rings is 3. The Hall–Kier alpha value is -4.91. The molecule has 0 radical (unpaired) electrons. The van der Waals surface area contributed by atoms with E-state index >= 15 is 0 Å². The maximum Gasteiger partial charge on any atom is 0.339 e. The molecular formula is C40H44O7. The van der Waals surface area contributed by atoms with Crippen LogP contribution in [-0.4, -0.2) is 37.2 Å². The number of carbonyl (C=O) groups is 3. The van der Waals surface area contributed by atoms with Crippen LogP contribution in [-0.2, 0) is 23.9 Å². The van der Waals surface area contributed by atoms with Crippen molar-refractivity contribution in [1.82, 2.24) is 0 Å². The minimum atomic E-state index is -0.634. The van der Waals surface area contributed by atoms with E-state index in [1.54, 1.807) is 12.1 Å². The topological polar surface area (TPSA) is 88.1 Å². The molecule has 0 aromatic heterocycles. The van der Waals surface area contributed by atoms with Gasteiger partial charge in [0.1, 0.15) is 17.6 Å². The third kappa shape index (κ3) is 12.4. The zero-order valence-electron chi connectivity index (χ0n) is 27.0. The van der Waals surface area contributed by atoms with Gasteiger partial charge in [0.25, 0.3) is 0 Å². The van der Waals surface area contributed by atoms with Gasteiger partial charge in [-0.3, -0.25) is 4.79 Å². The quantitative estimate of drug-likeness (QED) is 0.0481. The summed E-state index contributed by atoms with van der Waals surface area (Å²) >= 11 is 0. The number of rotatable bonds is 17. The van der Waals surface area contributed by atoms with Gasteiger partial charge < -0.3 is 18.9 Å². The van der Waals surface area contributed by atoms with Crippen LogP contribution in [0.5, 0.6) is 11.5 Å². The lowest BCUT2D eigenvalue weighted by molar-refractivity contribution is -0.150. The average molecular weight is 637 g/mol. The molecule has 0 spiro atoms. The first-order valence-electron chi connectivity index (χ1n) is 16.4. The first-order chi connectivity index (χ1) is 22.9. The Bertz CT molecular complexity index is 1500. The number of unbranched alkanes of at least 4 members (excludes halogenated alkanes) is 3. The lowest BCUT2D eigenvalue weighted by Crippen LogP contribution is -2.22. The minimum absolute atomic E-state index is 0.0558. The highest BCUT2D eigenvalue weighted by Gasteiger charge is 2.20. The Balaban J connectivity index is 1.16. The zero-order valence-corrected chi connectivity index (χ0v) is 27.0. The van der Waals surface area contributed by atoms with E-state index in [0.717, 1.165) is 79.4 Å². The molecule has 3 aromatic rings. The van der Waals surface area contributed by atoms with Gasteiger partial charge in [-0.2, -0.15) is 0 Å². The number of ether oxygens (including phenoxy) is 4. The van der Waals surface area contributed by atoms with Crippen molar-refractivity contribution < 1.29 is 33.3 Å². The standard InChI is InChI=1S/C40H44O7/c1-3-38(41)45-28-10-5-4-9-27-44-35-25-21-34(22-26-35)33-19-15-31(16-20-33)13-14-32-17-23-37(24-18-32)47-40(43)30(2)29-39(42)46-36-11-7-6-8-12-36/h3,13-26,36H,1-2,4-12,27-29H2/b14-13+. The van der Waals surface area contributed by atoms with E-state index in [1.807, 2.05) is 36.4 Å². The summed E-state index contributed by atoms with van der Waals surface area (Å²) in [5, 5.41) is 0. The maximum atomic E-state index is 12.4. The number of esters is 3. The summed E-state index contributed by atoms with van der Waals surface area (Å²) in [7, 11) is 0. The van der Waals surface area contributed by atoms with Gasteiger partial charge in [0, 0.05) is 11.6 Å². The molecule has 1 fully saturated rings. The minimum Gasteiger partial charge on any atom is -0.494 e. The number of hydrogen-bond donors (Lipinski definition) is 0. The van der Waals surface area contributed by atoms with E-state index in [1.165, 1.54) is 12.5 Å². The molecule has 0 N–H and O–H groups in total. The highest BCUT2D eigenvalue weighted by atomic mass is 16.5. The second-order valence-electron chi connectivity index (χ2n) is 11.6. The molecule has 7 nitrogen and oxygen atoms in total. The summed E-state index contributed by atoms with van der Waals surface area (Å²) in [6.45, 7) is 8.18. The Labute approximate surface area is 277 Å². The molecule has 246 valence electrons. The van der Waals surface area contributed by atoms with Crippen molar-refractivity contribution in [3.8, 4) is 22.6 Å². The van der Waals surface area contributed by atoms with E-state index in [9.17, 15) is 14.4 Å². The highest BCUT2D eigenvalue weighted by molar-refractivity contribution is 5.94. The SMILES string of the molecule is C=CC(=O)OCCCCCCOc1ccc(-c2ccc(/C=C/c3ccc(OC(=O)C(=C)CC(=O)OC4CCCCC4)cc3)cc2)cc1. The molecule has 4 rings (SSSR count). The largest absolute Gasteiger partial charge is 0.494 e. The predicted molar refractivity (Wildman–Crippen MR) is 185 cm³/mol. The van der Waals surface area contributed by atoms with E-state index in [0.29, 0.717) is 19.0 Å². The molecule has 0 aliphatic heterocycles. The molecular weight excluding hydrogens is 592 g/mol. The van der Waals surface area contributed by atoms with Crippen LogP contribution in [0.4, 0.5) is 0 Å². The van der Waals surface area contributed by atoms with Gasteiger partial charge in [0.15, 0.2) is 0 Å². The van der Waals surface area contributed by atoms with Crippen molar-refractivity contribution in [2.75, 3.05) is 13.2 Å². The molecule has 0 atom stereocenters. The van der Waals surface area contributed by atoms with Crippen LogP contribution in [0.3, 0.4) is 0 Å². The Morgan fingerprint density at radius 1 is 0.702 bits per heavy atom. The normalized spacial score (nSPS) is 13.1. The van der Waals surface area contributed by atoms with Gasteiger partial charge in [-0.15, -0.1) is 0 Å². The van der Waals surface area contributed by atoms with E-state index in [2.05, 4.69) is 49.6 Å². The molecule has 47 heavy (non-hydrogen) atoms. The van der Waals surface area contributed by atoms with Crippen LogP contribution in [0, 0.1) is 0 Å². The number of carbonyl (C=O) groups excluding carboxylic acids is 3. The summed E-state index contributed by atoms with van der Waals surface area (Å²) in [5.74, 6) is -0.215. The summed E-state index contributed by atoms with van der Waals surface area (Å²) in [6.07, 6.45) is 13.8. The first-order valence-corrected chi connectivity index (χ1v) is 16.4. The second-order valence-corrected chi connectivity index (χ2v) is 11.6. The van der Waals surface area contributed by atoms with Crippen LogP contribution in [0.15, 0.2) is 97.6 Å².